The second kappa shape index (κ2) is 12.6. The molecule has 10 heteroatoms. The first-order valence-corrected chi connectivity index (χ1v) is 19.7. The van der Waals surface area contributed by atoms with Crippen LogP contribution in [-0.2, 0) is 26.5 Å². The third kappa shape index (κ3) is 5.65. The quantitative estimate of drug-likeness (QED) is 0.264. The molecule has 0 saturated carbocycles. The highest BCUT2D eigenvalue weighted by Gasteiger charge is 2.66. The van der Waals surface area contributed by atoms with Crippen LogP contribution in [0.4, 0.5) is 11.4 Å². The summed E-state index contributed by atoms with van der Waals surface area (Å²) in [5, 5.41) is 17.6. The molecule has 0 unspecified atom stereocenters. The Balaban J connectivity index is 1.31. The van der Waals surface area contributed by atoms with E-state index in [1.165, 1.54) is 5.19 Å². The number of amides is 2. The Hall–Kier alpha value is -3.02. The molecule has 2 saturated heterocycles. The monoisotopic (exact) mass is 691 g/mol. The Labute approximate surface area is 274 Å². The van der Waals surface area contributed by atoms with Gasteiger partial charge in [0.1, 0.15) is 5.75 Å². The summed E-state index contributed by atoms with van der Waals surface area (Å²) in [6.45, 7) is 8.06. The number of carbonyl (C=O) groups is 2. The molecule has 0 radical (unpaired) electrons. The Bertz CT molecular complexity index is 1560. The van der Waals surface area contributed by atoms with Gasteiger partial charge in [-0.05, 0) is 79.4 Å². The van der Waals surface area contributed by atoms with Crippen LogP contribution in [0.25, 0.3) is 0 Å². The normalized spacial score (nSPS) is 26.0. The number of carbonyl (C=O) groups excluding carboxylic acids is 2. The van der Waals surface area contributed by atoms with E-state index in [2.05, 4.69) is 58.7 Å². The molecule has 2 fully saturated rings. The SMILES string of the molecule is COc1ccc([Si](C)(C)[C@H]2[C@H](CCO)O[C@@]3(C(=O)N(Cc4ccc(NC(=O)[C@H]5CCCN5)cc4)c4ccc(Br)cc43)[C@@H]2C)cc1. The molecule has 3 heterocycles. The van der Waals surface area contributed by atoms with Crippen LogP contribution in [0.2, 0.25) is 18.6 Å². The number of benzene rings is 3. The van der Waals surface area contributed by atoms with E-state index in [9.17, 15) is 14.7 Å². The number of hydrogen-bond acceptors (Lipinski definition) is 6. The second-order valence-electron chi connectivity index (χ2n) is 13.1. The van der Waals surface area contributed by atoms with E-state index >= 15 is 0 Å². The molecule has 3 aliphatic rings. The Morgan fingerprint density at radius 3 is 2.53 bits per heavy atom. The third-order valence-electron chi connectivity index (χ3n) is 10.2. The molecule has 45 heavy (non-hydrogen) atoms. The minimum atomic E-state index is -2.24. The highest BCUT2D eigenvalue weighted by Crippen LogP contribution is 2.60. The average molecular weight is 693 g/mol. The number of nitrogens with one attached hydrogen (secondary N) is 2. The zero-order chi connectivity index (χ0) is 31.9. The number of nitrogens with zero attached hydrogens (tertiary/aromatic N) is 1. The number of halogens is 1. The van der Waals surface area contributed by atoms with Crippen molar-refractivity contribution in [2.45, 2.75) is 69.1 Å². The Morgan fingerprint density at radius 2 is 1.89 bits per heavy atom. The molecule has 1 spiro atoms. The first-order valence-electron chi connectivity index (χ1n) is 15.8. The molecule has 3 aromatic carbocycles. The van der Waals surface area contributed by atoms with Gasteiger partial charge in [0.2, 0.25) is 5.91 Å². The zero-order valence-electron chi connectivity index (χ0n) is 26.3. The molecule has 0 aliphatic carbocycles. The van der Waals surface area contributed by atoms with Gasteiger partial charge in [-0.3, -0.25) is 9.59 Å². The van der Waals surface area contributed by atoms with Gasteiger partial charge >= 0.3 is 0 Å². The number of aliphatic hydroxyl groups is 1. The van der Waals surface area contributed by atoms with Crippen LogP contribution in [0, 0.1) is 5.92 Å². The molecule has 2 amide bonds. The number of methoxy groups -OCH3 is 1. The Morgan fingerprint density at radius 1 is 1.16 bits per heavy atom. The van der Waals surface area contributed by atoms with Gasteiger partial charge < -0.3 is 30.1 Å². The van der Waals surface area contributed by atoms with Crippen molar-refractivity contribution in [2.24, 2.45) is 5.92 Å². The lowest BCUT2D eigenvalue weighted by Crippen LogP contribution is -2.51. The van der Waals surface area contributed by atoms with Gasteiger partial charge in [0.05, 0.1) is 39.6 Å². The number of anilines is 2. The molecule has 6 rings (SSSR count). The summed E-state index contributed by atoms with van der Waals surface area (Å²) in [5.74, 6) is 0.587. The van der Waals surface area contributed by atoms with Crippen molar-refractivity contribution in [2.75, 3.05) is 30.5 Å². The number of aliphatic hydroxyl groups excluding tert-OH is 1. The van der Waals surface area contributed by atoms with Crippen LogP contribution in [0.1, 0.15) is 37.3 Å². The van der Waals surface area contributed by atoms with Crippen molar-refractivity contribution < 1.29 is 24.2 Å². The summed E-state index contributed by atoms with van der Waals surface area (Å²) in [4.78, 5) is 29.2. The molecule has 8 nitrogen and oxygen atoms in total. The maximum Gasteiger partial charge on any atom is 0.264 e. The van der Waals surface area contributed by atoms with Gasteiger partial charge in [-0.1, -0.05) is 65.4 Å². The van der Waals surface area contributed by atoms with Crippen molar-refractivity contribution in [3.05, 3.63) is 82.3 Å². The lowest BCUT2D eigenvalue weighted by atomic mass is 9.82. The second-order valence-corrected chi connectivity index (χ2v) is 18.7. The van der Waals surface area contributed by atoms with Crippen molar-refractivity contribution in [3.63, 3.8) is 0 Å². The zero-order valence-corrected chi connectivity index (χ0v) is 28.9. The fourth-order valence-electron chi connectivity index (χ4n) is 7.85. The number of ether oxygens (including phenoxy) is 2. The molecule has 0 aromatic heterocycles. The number of hydrogen-bond donors (Lipinski definition) is 3. The van der Waals surface area contributed by atoms with Gasteiger partial charge in [0.15, 0.2) is 5.60 Å². The highest BCUT2D eigenvalue weighted by atomic mass is 79.9. The molecule has 3 N–H and O–H groups in total. The maximum atomic E-state index is 14.8. The third-order valence-corrected chi connectivity index (χ3v) is 15.0. The minimum Gasteiger partial charge on any atom is -0.497 e. The van der Waals surface area contributed by atoms with Gasteiger partial charge in [-0.25, -0.2) is 0 Å². The van der Waals surface area contributed by atoms with Crippen LogP contribution in [0.15, 0.2) is 71.2 Å². The summed E-state index contributed by atoms with van der Waals surface area (Å²) in [7, 11) is -0.576. The first-order chi connectivity index (χ1) is 21.6. The number of fused-ring (bicyclic) bond motifs is 2. The predicted octanol–water partition coefficient (Wildman–Crippen LogP) is 5.29. The molecule has 3 aliphatic heterocycles. The van der Waals surface area contributed by atoms with E-state index < -0.39 is 13.7 Å². The van der Waals surface area contributed by atoms with E-state index in [1.54, 1.807) is 7.11 Å². The van der Waals surface area contributed by atoms with Crippen molar-refractivity contribution in [3.8, 4) is 5.75 Å². The van der Waals surface area contributed by atoms with Gasteiger partial charge in [0, 0.05) is 28.2 Å². The molecule has 238 valence electrons. The molecule has 0 bridgehead atoms. The average Bonchev–Trinajstić information content (AvgIpc) is 3.73. The van der Waals surface area contributed by atoms with Crippen LogP contribution < -0.4 is 25.5 Å². The van der Waals surface area contributed by atoms with E-state index in [-0.39, 0.29) is 42.0 Å². The lowest BCUT2D eigenvalue weighted by Gasteiger charge is -2.37. The lowest BCUT2D eigenvalue weighted by molar-refractivity contribution is -0.146. The van der Waals surface area contributed by atoms with Crippen LogP contribution in [-0.4, -0.2) is 57.4 Å². The van der Waals surface area contributed by atoms with E-state index in [0.717, 1.165) is 52.1 Å². The molecular weight excluding hydrogens is 650 g/mol. The Kier molecular flexibility index (Phi) is 8.97. The predicted molar refractivity (Wildman–Crippen MR) is 183 cm³/mol. The van der Waals surface area contributed by atoms with Crippen LogP contribution in [0.5, 0.6) is 5.75 Å². The van der Waals surface area contributed by atoms with Gasteiger partial charge in [-0.15, -0.1) is 0 Å². The van der Waals surface area contributed by atoms with Crippen LogP contribution in [0.3, 0.4) is 0 Å². The molecule has 3 aromatic rings. The summed E-state index contributed by atoms with van der Waals surface area (Å²) in [6, 6.07) is 21.8. The minimum absolute atomic E-state index is 0.0139. The molecule has 5 atom stereocenters. The molecular formula is C35H42BrN3O5Si. The van der Waals surface area contributed by atoms with Gasteiger partial charge in [-0.2, -0.15) is 0 Å². The van der Waals surface area contributed by atoms with Gasteiger partial charge in [0.25, 0.3) is 5.91 Å². The topological polar surface area (TPSA) is 100 Å². The first kappa shape index (κ1) is 31.9. The van der Waals surface area contributed by atoms with Crippen LogP contribution >= 0.6 is 15.9 Å². The highest BCUT2D eigenvalue weighted by molar-refractivity contribution is 9.10. The van der Waals surface area contributed by atoms with E-state index in [4.69, 9.17) is 9.47 Å². The largest absolute Gasteiger partial charge is 0.497 e. The summed E-state index contributed by atoms with van der Waals surface area (Å²) >= 11 is 3.66. The van der Waals surface area contributed by atoms with Crippen molar-refractivity contribution in [1.29, 1.82) is 0 Å². The fraction of sp³-hybridized carbons (Fsp3) is 0.429. The fourth-order valence-corrected chi connectivity index (χ4v) is 12.3. The number of rotatable bonds is 9. The summed E-state index contributed by atoms with van der Waals surface area (Å²) < 4.78 is 13.3. The van der Waals surface area contributed by atoms with E-state index in [1.807, 2.05) is 59.5 Å². The summed E-state index contributed by atoms with van der Waals surface area (Å²) in [5.41, 5.74) is 2.31. The standard InChI is InChI=1S/C35H42BrN3O5Si/c1-22-32(45(3,4)27-14-12-26(43-2)13-15-27)31(17-19-40)44-35(22)28-20-24(36)9-16-30(28)39(34(35)42)21-23-7-10-25(11-8-23)38-33(41)29-6-5-18-37-29/h7-16,20,22,29,31-32,37,40H,5-6,17-19,21H2,1-4H3,(H,38,41)/t22-,29-,31+,32-,35+/m1/s1. The maximum absolute atomic E-state index is 14.8. The van der Waals surface area contributed by atoms with E-state index in [0.29, 0.717) is 13.0 Å². The smallest absolute Gasteiger partial charge is 0.264 e. The van der Waals surface area contributed by atoms with Crippen molar-refractivity contribution in [1.82, 2.24) is 5.32 Å². The summed E-state index contributed by atoms with van der Waals surface area (Å²) in [6.07, 6.45) is 2.04. The van der Waals surface area contributed by atoms with Crippen molar-refractivity contribution >= 4 is 52.4 Å².